The number of aryl methyl sites for hydroxylation is 1. The molecule has 6 nitrogen and oxygen atoms in total. The highest BCUT2D eigenvalue weighted by molar-refractivity contribution is 7.80. The molecule has 0 radical (unpaired) electrons. The Morgan fingerprint density at radius 1 is 1.35 bits per heavy atom. The largest absolute Gasteiger partial charge is 0.395 e. The number of aliphatic hydroxyl groups is 2. The third kappa shape index (κ3) is 3.88. The van der Waals surface area contributed by atoms with Crippen molar-refractivity contribution in [1.82, 2.24) is 9.97 Å². The molecule has 0 unspecified atom stereocenters. The predicted molar refractivity (Wildman–Crippen MR) is 69.0 cm³/mol. The number of thiocarbonyl (C=S) groups is 1. The molecule has 0 atom stereocenters. The Hall–Kier alpha value is -1.31. The van der Waals surface area contributed by atoms with Crippen molar-refractivity contribution in [2.45, 2.75) is 6.92 Å². The molecule has 94 valence electrons. The highest BCUT2D eigenvalue weighted by Gasteiger charge is 2.11. The lowest BCUT2D eigenvalue weighted by atomic mass is 10.3. The molecule has 1 aromatic heterocycles. The Balaban J connectivity index is 3.04. The average Bonchev–Trinajstić information content (AvgIpc) is 2.28. The second-order valence-corrected chi connectivity index (χ2v) is 3.93. The van der Waals surface area contributed by atoms with E-state index in [9.17, 15) is 0 Å². The molecule has 0 fully saturated rings. The van der Waals surface area contributed by atoms with Gasteiger partial charge in [0.15, 0.2) is 0 Å². The summed E-state index contributed by atoms with van der Waals surface area (Å²) in [5.74, 6) is 0.413. The van der Waals surface area contributed by atoms with E-state index in [-0.39, 0.29) is 18.2 Å². The van der Waals surface area contributed by atoms with Crippen molar-refractivity contribution in [1.29, 1.82) is 0 Å². The van der Waals surface area contributed by atoms with Crippen molar-refractivity contribution in [3.05, 3.63) is 17.5 Å². The maximum Gasteiger partial charge on any atom is 0.226 e. The molecule has 17 heavy (non-hydrogen) atoms. The van der Waals surface area contributed by atoms with Gasteiger partial charge in [-0.15, -0.1) is 0 Å². The summed E-state index contributed by atoms with van der Waals surface area (Å²) in [4.78, 5) is 10.3. The van der Waals surface area contributed by atoms with Crippen molar-refractivity contribution in [3.8, 4) is 0 Å². The third-order valence-electron chi connectivity index (χ3n) is 2.12. The Morgan fingerprint density at radius 3 is 2.41 bits per heavy atom. The van der Waals surface area contributed by atoms with Crippen LogP contribution in [0, 0.1) is 6.92 Å². The topological polar surface area (TPSA) is 95.5 Å². The number of hydrogen-bond donors (Lipinski definition) is 3. The standard InChI is InChI=1S/C10H16N4O2S/c1-7-6-8(9(11)17)13-10(12-7)14(2-4-15)3-5-16/h6,15-16H,2-5H2,1H3,(H2,11,17). The molecular weight excluding hydrogens is 240 g/mol. The van der Waals surface area contributed by atoms with Crippen molar-refractivity contribution in [2.75, 3.05) is 31.2 Å². The zero-order valence-corrected chi connectivity index (χ0v) is 10.4. The normalized spacial score (nSPS) is 10.3. The molecule has 0 bridgehead atoms. The van der Waals surface area contributed by atoms with E-state index in [0.717, 1.165) is 5.69 Å². The van der Waals surface area contributed by atoms with Crippen LogP contribution in [-0.2, 0) is 0 Å². The molecule has 7 heteroatoms. The summed E-state index contributed by atoms with van der Waals surface area (Å²) in [5, 5.41) is 17.9. The minimum absolute atomic E-state index is 0.0420. The smallest absolute Gasteiger partial charge is 0.226 e. The zero-order valence-electron chi connectivity index (χ0n) is 9.63. The second kappa shape index (κ2) is 6.43. The van der Waals surface area contributed by atoms with Crippen molar-refractivity contribution in [2.24, 2.45) is 5.73 Å². The fourth-order valence-corrected chi connectivity index (χ4v) is 1.48. The Kier molecular flexibility index (Phi) is 5.20. The summed E-state index contributed by atoms with van der Waals surface area (Å²) in [6.45, 7) is 2.42. The zero-order chi connectivity index (χ0) is 12.8. The molecule has 4 N–H and O–H groups in total. The molecule has 0 saturated heterocycles. The fourth-order valence-electron chi connectivity index (χ4n) is 1.37. The highest BCUT2D eigenvalue weighted by atomic mass is 32.1. The minimum atomic E-state index is -0.0420. The number of nitrogens with two attached hydrogens (primary N) is 1. The molecule has 0 aromatic carbocycles. The Labute approximate surface area is 105 Å². The average molecular weight is 256 g/mol. The molecule has 1 aromatic rings. The second-order valence-electron chi connectivity index (χ2n) is 3.49. The van der Waals surface area contributed by atoms with Gasteiger partial charge in [0.2, 0.25) is 5.95 Å². The first-order chi connectivity index (χ1) is 8.08. The van der Waals surface area contributed by atoms with Gasteiger partial charge in [-0.25, -0.2) is 9.97 Å². The van der Waals surface area contributed by atoms with Crippen molar-refractivity contribution >= 4 is 23.2 Å². The summed E-state index contributed by atoms with van der Waals surface area (Å²) >= 11 is 4.87. The monoisotopic (exact) mass is 256 g/mol. The lowest BCUT2D eigenvalue weighted by Crippen LogP contribution is -2.32. The number of hydrogen-bond acceptors (Lipinski definition) is 6. The van der Waals surface area contributed by atoms with Crippen LogP contribution in [0.25, 0.3) is 0 Å². The van der Waals surface area contributed by atoms with Crippen LogP contribution in [0.1, 0.15) is 11.4 Å². The summed E-state index contributed by atoms with van der Waals surface area (Å²) < 4.78 is 0. The van der Waals surface area contributed by atoms with Gasteiger partial charge in [0.1, 0.15) is 10.7 Å². The van der Waals surface area contributed by atoms with Crippen molar-refractivity contribution < 1.29 is 10.2 Å². The van der Waals surface area contributed by atoms with Gasteiger partial charge in [-0.2, -0.15) is 0 Å². The minimum Gasteiger partial charge on any atom is -0.395 e. The van der Waals surface area contributed by atoms with Crippen molar-refractivity contribution in [3.63, 3.8) is 0 Å². The maximum atomic E-state index is 8.94. The first-order valence-electron chi connectivity index (χ1n) is 5.20. The third-order valence-corrected chi connectivity index (χ3v) is 2.33. The lowest BCUT2D eigenvalue weighted by Gasteiger charge is -2.21. The quantitative estimate of drug-likeness (QED) is 0.574. The lowest BCUT2D eigenvalue weighted by molar-refractivity contribution is 0.280. The fraction of sp³-hybridized carbons (Fsp3) is 0.500. The molecule has 0 aliphatic rings. The van der Waals surface area contributed by atoms with E-state index >= 15 is 0 Å². The molecule has 0 saturated carbocycles. The van der Waals surface area contributed by atoms with E-state index in [1.54, 1.807) is 11.0 Å². The van der Waals surface area contributed by atoms with E-state index in [2.05, 4.69) is 9.97 Å². The van der Waals surface area contributed by atoms with E-state index in [0.29, 0.717) is 24.7 Å². The van der Waals surface area contributed by atoms with E-state index in [4.69, 9.17) is 28.2 Å². The summed E-state index contributed by atoms with van der Waals surface area (Å²) in [5.41, 5.74) is 6.75. The van der Waals surface area contributed by atoms with E-state index in [1.165, 1.54) is 0 Å². The van der Waals surface area contributed by atoms with Gasteiger partial charge in [0.25, 0.3) is 0 Å². The van der Waals surface area contributed by atoms with Gasteiger partial charge in [-0.05, 0) is 13.0 Å². The number of aromatic nitrogens is 2. The predicted octanol–water partition coefficient (Wildman–Crippen LogP) is -0.790. The number of nitrogens with zero attached hydrogens (tertiary/aromatic N) is 3. The van der Waals surface area contributed by atoms with Gasteiger partial charge in [0, 0.05) is 18.8 Å². The first-order valence-corrected chi connectivity index (χ1v) is 5.61. The summed E-state index contributed by atoms with van der Waals surface area (Å²) in [7, 11) is 0. The van der Waals surface area contributed by atoms with Crippen LogP contribution < -0.4 is 10.6 Å². The van der Waals surface area contributed by atoms with Gasteiger partial charge >= 0.3 is 0 Å². The summed E-state index contributed by atoms with van der Waals surface area (Å²) in [6, 6.07) is 1.70. The van der Waals surface area contributed by atoms with Crippen LogP contribution in [0.3, 0.4) is 0 Å². The Bertz CT molecular complexity index is 394. The van der Waals surface area contributed by atoms with Gasteiger partial charge in [0.05, 0.1) is 13.2 Å². The van der Waals surface area contributed by atoms with E-state index < -0.39 is 0 Å². The molecule has 0 aliphatic carbocycles. The molecule has 1 heterocycles. The maximum absolute atomic E-state index is 8.94. The number of rotatable bonds is 6. The summed E-state index contributed by atoms with van der Waals surface area (Å²) in [6.07, 6.45) is 0. The van der Waals surface area contributed by atoms with Crippen LogP contribution in [0.2, 0.25) is 0 Å². The van der Waals surface area contributed by atoms with Crippen LogP contribution in [0.15, 0.2) is 6.07 Å². The molecule has 0 aliphatic heterocycles. The van der Waals surface area contributed by atoms with Crippen LogP contribution in [-0.4, -0.2) is 51.5 Å². The van der Waals surface area contributed by atoms with Gasteiger partial charge < -0.3 is 20.8 Å². The number of anilines is 1. The van der Waals surface area contributed by atoms with E-state index in [1.807, 2.05) is 6.92 Å². The highest BCUT2D eigenvalue weighted by Crippen LogP contribution is 2.10. The first kappa shape index (κ1) is 13.8. The SMILES string of the molecule is Cc1cc(C(N)=S)nc(N(CCO)CCO)n1. The van der Waals surface area contributed by atoms with Crippen LogP contribution >= 0.6 is 12.2 Å². The van der Waals surface area contributed by atoms with Crippen LogP contribution in [0.4, 0.5) is 5.95 Å². The van der Waals surface area contributed by atoms with Gasteiger partial charge in [-0.3, -0.25) is 0 Å². The molecular formula is C10H16N4O2S. The molecule has 1 rings (SSSR count). The molecule has 0 amide bonds. The molecule has 0 spiro atoms. The number of aliphatic hydroxyl groups excluding tert-OH is 2. The van der Waals surface area contributed by atoms with Gasteiger partial charge in [-0.1, -0.05) is 12.2 Å². The van der Waals surface area contributed by atoms with Crippen LogP contribution in [0.5, 0.6) is 0 Å². The Morgan fingerprint density at radius 2 is 1.94 bits per heavy atom.